The van der Waals surface area contributed by atoms with Crippen molar-refractivity contribution in [2.45, 2.75) is 0 Å². The van der Waals surface area contributed by atoms with Crippen molar-refractivity contribution in [1.82, 2.24) is 0 Å². The zero-order valence-corrected chi connectivity index (χ0v) is 11.5. The van der Waals surface area contributed by atoms with E-state index in [-0.39, 0.29) is 38.2 Å². The molecule has 3 heteroatoms. The summed E-state index contributed by atoms with van der Waals surface area (Å²) in [4.78, 5) is 0. The van der Waals surface area contributed by atoms with Crippen molar-refractivity contribution in [3.63, 3.8) is 0 Å². The van der Waals surface area contributed by atoms with Crippen molar-refractivity contribution < 1.29 is 22.4 Å². The molecule has 0 heterocycles. The number of rotatable bonds is 0. The van der Waals surface area contributed by atoms with Gasteiger partial charge < -0.3 is 0 Å². The summed E-state index contributed by atoms with van der Waals surface area (Å²) < 4.78 is 0. The Morgan fingerprint density at radius 2 is 0.556 bits per heavy atom. The molecule has 0 atom stereocenters. The molecular weight excluding hydrogens is 331 g/mol. The molecule has 0 fully saturated rings. The van der Waals surface area contributed by atoms with Crippen LogP contribution < -0.4 is 0 Å². The van der Waals surface area contributed by atoms with Gasteiger partial charge in [0, 0.05) is 62.4 Å². The molecule has 0 unspecified atom stereocenters. The molecular formula is C6H20AuP2+2. The summed E-state index contributed by atoms with van der Waals surface area (Å²) in [5, 5.41) is 0. The third kappa shape index (κ3) is 217. The Labute approximate surface area is 78.2 Å². The molecule has 0 aromatic carbocycles. The molecule has 0 saturated carbocycles. The van der Waals surface area contributed by atoms with Crippen LogP contribution in [-0.4, -0.2) is 40.0 Å². The van der Waals surface area contributed by atoms with Gasteiger partial charge in [0.25, 0.3) is 0 Å². The minimum Gasteiger partial charge on any atom is -0.00840 e. The average molecular weight is 351 g/mol. The topological polar surface area (TPSA) is 0 Å². The normalized spacial score (nSPS) is 8.00. The van der Waals surface area contributed by atoms with Crippen LogP contribution in [0.4, 0.5) is 0 Å². The second-order valence-electron chi connectivity index (χ2n) is 3.00. The molecule has 0 aliphatic rings. The Kier molecular flexibility index (Phi) is 23.1. The fourth-order valence-electron chi connectivity index (χ4n) is 0. The Morgan fingerprint density at radius 3 is 0.556 bits per heavy atom. The van der Waals surface area contributed by atoms with Crippen LogP contribution in [0.25, 0.3) is 0 Å². The van der Waals surface area contributed by atoms with Crippen molar-refractivity contribution in [3.05, 3.63) is 0 Å². The van der Waals surface area contributed by atoms with Gasteiger partial charge >= 0.3 is 0 Å². The summed E-state index contributed by atoms with van der Waals surface area (Å²) in [6.45, 7) is 13.6. The summed E-state index contributed by atoms with van der Waals surface area (Å²) in [5.41, 5.74) is 0. The maximum Gasteiger partial charge on any atom is 0.0461 e. The average Bonchev–Trinajstić information content (AvgIpc) is 1.25. The Bertz CT molecular complexity index is 26.5. The van der Waals surface area contributed by atoms with Crippen molar-refractivity contribution in [1.29, 1.82) is 0 Å². The summed E-state index contributed by atoms with van der Waals surface area (Å²) in [6, 6.07) is 0. The molecule has 0 nitrogen and oxygen atoms in total. The van der Waals surface area contributed by atoms with Crippen LogP contribution in [0.5, 0.6) is 0 Å². The predicted octanol–water partition coefficient (Wildman–Crippen LogP) is 2.18. The van der Waals surface area contributed by atoms with E-state index in [0.29, 0.717) is 0 Å². The number of hydrogen-bond donors (Lipinski definition) is 0. The van der Waals surface area contributed by atoms with Crippen LogP contribution >= 0.6 is 15.8 Å². The molecule has 0 aromatic heterocycles. The summed E-state index contributed by atoms with van der Waals surface area (Å²) in [7, 11) is 0.241. The second-order valence-corrected chi connectivity index (χ2v) is 9.00. The van der Waals surface area contributed by atoms with Crippen LogP contribution in [0.2, 0.25) is 0 Å². The Morgan fingerprint density at radius 1 is 0.556 bits per heavy atom. The fraction of sp³-hybridized carbons (Fsp3) is 1.00. The SMILES string of the molecule is C[PH+](C)C.C[PH+](C)C.[Au]. The maximum atomic E-state index is 2.27. The quantitative estimate of drug-likeness (QED) is 0.464. The van der Waals surface area contributed by atoms with Gasteiger partial charge in [0.15, 0.2) is 0 Å². The third-order valence-electron chi connectivity index (χ3n) is 0. The fourth-order valence-corrected chi connectivity index (χ4v) is 0. The van der Waals surface area contributed by atoms with Crippen molar-refractivity contribution in [3.8, 4) is 0 Å². The third-order valence-corrected chi connectivity index (χ3v) is 0. The van der Waals surface area contributed by atoms with E-state index < -0.39 is 0 Å². The van der Waals surface area contributed by atoms with Gasteiger partial charge in [0.1, 0.15) is 0 Å². The van der Waals surface area contributed by atoms with Gasteiger partial charge in [-0.1, -0.05) is 0 Å². The minimum absolute atomic E-state index is 0. The second kappa shape index (κ2) is 12.3. The molecule has 0 rings (SSSR count). The first-order valence-corrected chi connectivity index (χ1v) is 9.00. The summed E-state index contributed by atoms with van der Waals surface area (Å²) in [6.07, 6.45) is 0. The van der Waals surface area contributed by atoms with E-state index in [4.69, 9.17) is 0 Å². The van der Waals surface area contributed by atoms with Gasteiger partial charge in [-0.2, -0.15) is 0 Å². The molecule has 0 amide bonds. The van der Waals surface area contributed by atoms with E-state index in [1.807, 2.05) is 0 Å². The molecule has 9 heavy (non-hydrogen) atoms. The first kappa shape index (κ1) is 16.9. The van der Waals surface area contributed by atoms with E-state index in [9.17, 15) is 0 Å². The van der Waals surface area contributed by atoms with E-state index >= 15 is 0 Å². The van der Waals surface area contributed by atoms with Crippen molar-refractivity contribution in [2.75, 3.05) is 40.0 Å². The molecule has 0 aliphatic carbocycles. The van der Waals surface area contributed by atoms with Crippen LogP contribution in [-0.2, 0) is 22.4 Å². The predicted molar refractivity (Wildman–Crippen MR) is 52.2 cm³/mol. The molecule has 0 aromatic rings. The first-order valence-electron chi connectivity index (χ1n) is 3.00. The van der Waals surface area contributed by atoms with Gasteiger partial charge in [-0.15, -0.1) is 0 Å². The monoisotopic (exact) mass is 351 g/mol. The van der Waals surface area contributed by atoms with E-state index in [1.54, 1.807) is 0 Å². The van der Waals surface area contributed by atoms with Gasteiger partial charge in [-0.3, -0.25) is 0 Å². The largest absolute Gasteiger partial charge is 0.0461 e. The van der Waals surface area contributed by atoms with Crippen LogP contribution in [0.3, 0.4) is 0 Å². The van der Waals surface area contributed by atoms with E-state index in [1.165, 1.54) is 0 Å². The zero-order valence-electron chi connectivity index (χ0n) is 7.30. The van der Waals surface area contributed by atoms with E-state index in [0.717, 1.165) is 0 Å². The summed E-state index contributed by atoms with van der Waals surface area (Å²) >= 11 is 0. The van der Waals surface area contributed by atoms with Gasteiger partial charge in [-0.05, 0) is 15.8 Å². The van der Waals surface area contributed by atoms with Crippen molar-refractivity contribution in [2.24, 2.45) is 0 Å². The first-order chi connectivity index (χ1) is 3.46. The maximum absolute atomic E-state index is 2.27. The molecule has 0 saturated heterocycles. The Balaban J connectivity index is -0.0000000720. The van der Waals surface area contributed by atoms with E-state index in [2.05, 4.69) is 40.0 Å². The van der Waals surface area contributed by atoms with Crippen LogP contribution in [0.15, 0.2) is 0 Å². The standard InChI is InChI=1S/2C3H9P.Au/c2*1-4(2)3;/h2*1-3H3;/p+2. The smallest absolute Gasteiger partial charge is 0.00840 e. The van der Waals surface area contributed by atoms with Gasteiger partial charge in [-0.25, -0.2) is 0 Å². The molecule has 0 bridgehead atoms. The minimum atomic E-state index is 0. The molecule has 1 radical (unpaired) electrons. The van der Waals surface area contributed by atoms with Crippen molar-refractivity contribution >= 4 is 15.8 Å². The van der Waals surface area contributed by atoms with Crippen LogP contribution in [0, 0.1) is 0 Å². The Hall–Kier alpha value is 1.60. The zero-order chi connectivity index (χ0) is 7.15. The van der Waals surface area contributed by atoms with Gasteiger partial charge in [0.2, 0.25) is 0 Å². The molecule has 0 spiro atoms. The molecule has 63 valence electrons. The summed E-state index contributed by atoms with van der Waals surface area (Å²) in [5.74, 6) is 0. The number of hydrogen-bond acceptors (Lipinski definition) is 0. The van der Waals surface area contributed by atoms with Crippen LogP contribution in [0.1, 0.15) is 0 Å². The van der Waals surface area contributed by atoms with Gasteiger partial charge in [0.05, 0.1) is 0 Å². The molecule has 0 aliphatic heterocycles. The molecule has 0 N–H and O–H groups in total.